The molecule has 1 N–H and O–H groups in total. The van der Waals surface area contributed by atoms with Gasteiger partial charge in [0.25, 0.3) is 11.8 Å². The molecule has 2 aromatic rings. The summed E-state index contributed by atoms with van der Waals surface area (Å²) in [5.74, 6) is -0.320. The molecule has 3 fully saturated rings. The Labute approximate surface area is 203 Å². The van der Waals surface area contributed by atoms with Gasteiger partial charge in [-0.2, -0.15) is 5.10 Å². The first-order valence-electron chi connectivity index (χ1n) is 11.9. The molecule has 0 unspecified atom stereocenters. The van der Waals surface area contributed by atoms with Gasteiger partial charge in [0, 0.05) is 33.2 Å². The molecule has 0 atom stereocenters. The van der Waals surface area contributed by atoms with Crippen LogP contribution < -0.4 is 0 Å². The fourth-order valence-electron chi connectivity index (χ4n) is 5.07. The van der Waals surface area contributed by atoms with E-state index in [9.17, 15) is 19.5 Å². The minimum atomic E-state index is -0.406. The van der Waals surface area contributed by atoms with Gasteiger partial charge in [0.2, 0.25) is 5.91 Å². The highest BCUT2D eigenvalue weighted by atomic mass is 35.5. The predicted molar refractivity (Wildman–Crippen MR) is 126 cm³/mol. The molecule has 0 radical (unpaired) electrons. The first-order valence-corrected chi connectivity index (χ1v) is 12.3. The third-order valence-corrected chi connectivity index (χ3v) is 7.60. The van der Waals surface area contributed by atoms with Crippen LogP contribution >= 0.6 is 11.6 Å². The lowest BCUT2D eigenvalue weighted by molar-refractivity contribution is -0.138. The summed E-state index contributed by atoms with van der Waals surface area (Å²) in [7, 11) is 3.35. The maximum atomic E-state index is 13.4. The van der Waals surface area contributed by atoms with Gasteiger partial charge in [0.15, 0.2) is 5.69 Å². The van der Waals surface area contributed by atoms with E-state index in [4.69, 9.17) is 11.6 Å². The lowest BCUT2D eigenvalue weighted by atomic mass is 9.91. The second kappa shape index (κ2) is 8.85. The number of hydrogen-bond acceptors (Lipinski definition) is 5. The Balaban J connectivity index is 1.40. The molecule has 0 spiro atoms. The first-order chi connectivity index (χ1) is 16.2. The van der Waals surface area contributed by atoms with E-state index in [-0.39, 0.29) is 41.2 Å². The number of aliphatic hydroxyl groups excluding tert-OH is 1. The van der Waals surface area contributed by atoms with Gasteiger partial charge in [-0.15, -0.1) is 0 Å². The van der Waals surface area contributed by atoms with Crippen molar-refractivity contribution < 1.29 is 19.5 Å². The zero-order chi connectivity index (χ0) is 24.1. The van der Waals surface area contributed by atoms with Crippen molar-refractivity contribution in [1.82, 2.24) is 24.3 Å². The lowest BCUT2D eigenvalue weighted by Gasteiger charge is -2.41. The number of rotatable bonds is 4. The zero-order valence-corrected chi connectivity index (χ0v) is 20.3. The highest BCUT2D eigenvalue weighted by molar-refractivity contribution is 6.37. The van der Waals surface area contributed by atoms with Crippen molar-refractivity contribution in [2.24, 2.45) is 0 Å². The van der Waals surface area contributed by atoms with E-state index >= 15 is 0 Å². The van der Waals surface area contributed by atoms with Crippen molar-refractivity contribution in [3.8, 4) is 0 Å². The molecule has 3 heterocycles. The Morgan fingerprint density at radius 3 is 2.41 bits per heavy atom. The van der Waals surface area contributed by atoms with Crippen LogP contribution in [0.3, 0.4) is 0 Å². The molecule has 2 saturated carbocycles. The maximum absolute atomic E-state index is 13.4. The summed E-state index contributed by atoms with van der Waals surface area (Å²) in [6.07, 6.45) is 4.81. The van der Waals surface area contributed by atoms with E-state index in [1.807, 2.05) is 17.0 Å². The third kappa shape index (κ3) is 4.15. The molecule has 1 saturated heterocycles. The van der Waals surface area contributed by atoms with E-state index in [1.54, 1.807) is 14.1 Å². The van der Waals surface area contributed by atoms with Crippen LogP contribution in [0.1, 0.15) is 71.0 Å². The topological polar surface area (TPSA) is 98.5 Å². The summed E-state index contributed by atoms with van der Waals surface area (Å²) in [6, 6.07) is 3.87. The average Bonchev–Trinajstić information content (AvgIpc) is 3.62. The number of piperazine rings is 1. The van der Waals surface area contributed by atoms with Gasteiger partial charge in [0.1, 0.15) is 12.2 Å². The van der Waals surface area contributed by atoms with Crippen LogP contribution in [0.2, 0.25) is 5.02 Å². The van der Waals surface area contributed by atoms with E-state index in [0.717, 1.165) is 31.2 Å². The van der Waals surface area contributed by atoms with Gasteiger partial charge in [-0.05, 0) is 62.1 Å². The Morgan fingerprint density at radius 2 is 1.79 bits per heavy atom. The second-order valence-corrected chi connectivity index (χ2v) is 10.3. The van der Waals surface area contributed by atoms with Crippen LogP contribution in [0.5, 0.6) is 0 Å². The minimum Gasteiger partial charge on any atom is -0.393 e. The van der Waals surface area contributed by atoms with Crippen molar-refractivity contribution in [2.75, 3.05) is 33.7 Å². The fourth-order valence-corrected chi connectivity index (χ4v) is 5.33. The van der Waals surface area contributed by atoms with Crippen LogP contribution in [-0.4, -0.2) is 93.0 Å². The van der Waals surface area contributed by atoms with Crippen molar-refractivity contribution in [3.63, 3.8) is 0 Å². The number of hydrogen-bond donors (Lipinski definition) is 1. The molecule has 1 aliphatic heterocycles. The molecular formula is C24H30ClN5O4. The Hall–Kier alpha value is -2.65. The highest BCUT2D eigenvalue weighted by Gasteiger charge is 2.36. The number of pyridine rings is 1. The smallest absolute Gasteiger partial charge is 0.276 e. The third-order valence-electron chi connectivity index (χ3n) is 7.22. The standard InChI is InChI=1S/C24H30ClN5O4/c1-27(2)23(33)19-12-15(14-3-4-14)11-18-21(25)22(26-30(18)19)24(34)28-9-10-29(20(32)13-28)16-5-7-17(31)8-6-16/h11-12,14,16-17,31H,3-10,13H2,1-2H3. The number of fused-ring (bicyclic) bond motifs is 1. The SMILES string of the molecule is CN(C)C(=O)c1cc(C2CC2)cc2c(Cl)c(C(=O)N3CCN(C4CCC(O)CC4)C(=O)C3)nn12. The molecule has 34 heavy (non-hydrogen) atoms. The molecule has 2 aromatic heterocycles. The number of carbonyl (C=O) groups is 3. The fraction of sp³-hybridized carbons (Fsp3) is 0.583. The van der Waals surface area contributed by atoms with Gasteiger partial charge >= 0.3 is 0 Å². The molecular weight excluding hydrogens is 458 g/mol. The summed E-state index contributed by atoms with van der Waals surface area (Å²) in [6.45, 7) is 0.816. The van der Waals surface area contributed by atoms with E-state index in [0.29, 0.717) is 43.1 Å². The van der Waals surface area contributed by atoms with Crippen molar-refractivity contribution >= 4 is 34.8 Å². The number of nitrogens with zero attached hydrogens (tertiary/aromatic N) is 5. The molecule has 3 amide bonds. The average molecular weight is 488 g/mol. The maximum Gasteiger partial charge on any atom is 0.276 e. The van der Waals surface area contributed by atoms with Crippen LogP contribution in [0.15, 0.2) is 12.1 Å². The molecule has 182 valence electrons. The van der Waals surface area contributed by atoms with Gasteiger partial charge in [-0.25, -0.2) is 4.52 Å². The quantitative estimate of drug-likeness (QED) is 0.712. The van der Waals surface area contributed by atoms with E-state index < -0.39 is 5.91 Å². The van der Waals surface area contributed by atoms with Gasteiger partial charge in [0.05, 0.1) is 16.6 Å². The van der Waals surface area contributed by atoms with Crippen molar-refractivity contribution in [1.29, 1.82) is 0 Å². The van der Waals surface area contributed by atoms with E-state index in [2.05, 4.69) is 5.10 Å². The normalized spacial score (nSPS) is 23.5. The number of halogens is 1. The van der Waals surface area contributed by atoms with Gasteiger partial charge in [-0.3, -0.25) is 14.4 Å². The molecule has 2 aliphatic carbocycles. The summed E-state index contributed by atoms with van der Waals surface area (Å²) in [5, 5.41) is 14.4. The van der Waals surface area contributed by atoms with Crippen LogP contribution in [0.25, 0.3) is 5.52 Å². The van der Waals surface area contributed by atoms with Crippen LogP contribution in [0, 0.1) is 0 Å². The first kappa shape index (κ1) is 23.1. The molecule has 0 aromatic carbocycles. The number of amides is 3. The summed E-state index contributed by atoms with van der Waals surface area (Å²) >= 11 is 6.65. The summed E-state index contributed by atoms with van der Waals surface area (Å²) in [5.41, 5.74) is 1.99. The molecule has 0 bridgehead atoms. The van der Waals surface area contributed by atoms with Gasteiger partial charge in [-0.1, -0.05) is 11.6 Å². The monoisotopic (exact) mass is 487 g/mol. The largest absolute Gasteiger partial charge is 0.393 e. The lowest BCUT2D eigenvalue weighted by Crippen LogP contribution is -2.56. The van der Waals surface area contributed by atoms with Crippen LogP contribution in [0.4, 0.5) is 0 Å². The summed E-state index contributed by atoms with van der Waals surface area (Å²) in [4.78, 5) is 43.9. The molecule has 5 rings (SSSR count). The van der Waals surface area contributed by atoms with Crippen molar-refractivity contribution in [2.45, 2.75) is 56.6 Å². The Morgan fingerprint density at radius 1 is 1.09 bits per heavy atom. The summed E-state index contributed by atoms with van der Waals surface area (Å²) < 4.78 is 1.45. The highest BCUT2D eigenvalue weighted by Crippen LogP contribution is 2.41. The predicted octanol–water partition coefficient (Wildman–Crippen LogP) is 2.15. The van der Waals surface area contributed by atoms with Crippen LogP contribution in [-0.2, 0) is 4.79 Å². The molecule has 10 heteroatoms. The van der Waals surface area contributed by atoms with E-state index in [1.165, 1.54) is 14.3 Å². The zero-order valence-electron chi connectivity index (χ0n) is 19.5. The second-order valence-electron chi connectivity index (χ2n) is 9.88. The van der Waals surface area contributed by atoms with Crippen molar-refractivity contribution in [3.05, 3.63) is 34.1 Å². The number of aromatic nitrogens is 2. The Kier molecular flexibility index (Phi) is 6.02. The minimum absolute atomic E-state index is 0.0289. The molecule has 3 aliphatic rings. The van der Waals surface area contributed by atoms with Gasteiger partial charge < -0.3 is 19.8 Å². The number of carbonyl (C=O) groups excluding carboxylic acids is 3. The number of aliphatic hydroxyl groups is 1. The molecule has 9 nitrogen and oxygen atoms in total. The Bertz CT molecular complexity index is 1150.